The van der Waals surface area contributed by atoms with Gasteiger partial charge in [-0.05, 0) is 31.2 Å². The molecular formula is C14H21NO4. The maximum absolute atomic E-state index is 10.8. The van der Waals surface area contributed by atoms with Gasteiger partial charge >= 0.3 is 5.97 Å². The van der Waals surface area contributed by atoms with Crippen molar-refractivity contribution >= 4 is 5.97 Å². The number of likely N-dealkylation sites (N-methyl/N-ethyl adjacent to an activating group) is 1. The van der Waals surface area contributed by atoms with Crippen molar-refractivity contribution < 1.29 is 19.7 Å². The number of aliphatic hydroxyl groups excluding tert-OH is 1. The van der Waals surface area contributed by atoms with Gasteiger partial charge in [-0.25, -0.2) is 4.79 Å². The third-order valence-electron chi connectivity index (χ3n) is 2.84. The molecular weight excluding hydrogens is 246 g/mol. The zero-order chi connectivity index (χ0) is 14.1. The molecule has 0 aliphatic rings. The van der Waals surface area contributed by atoms with Gasteiger partial charge in [0, 0.05) is 19.7 Å². The molecule has 2 N–H and O–H groups in total. The molecule has 1 aromatic carbocycles. The van der Waals surface area contributed by atoms with E-state index in [1.54, 1.807) is 12.1 Å². The Morgan fingerprint density at radius 2 is 2.16 bits per heavy atom. The summed E-state index contributed by atoms with van der Waals surface area (Å²) in [6, 6.07) is 6.47. The summed E-state index contributed by atoms with van der Waals surface area (Å²) in [5.74, 6) is -0.387. The molecule has 0 atom stereocenters. The van der Waals surface area contributed by atoms with Gasteiger partial charge in [0.25, 0.3) is 0 Å². The summed E-state index contributed by atoms with van der Waals surface area (Å²) in [5.41, 5.74) is 0.227. The normalized spacial score (nSPS) is 10.7. The van der Waals surface area contributed by atoms with E-state index in [1.807, 2.05) is 0 Å². The first-order valence-electron chi connectivity index (χ1n) is 6.46. The smallest absolute Gasteiger partial charge is 0.335 e. The van der Waals surface area contributed by atoms with Crippen LogP contribution in [0.25, 0.3) is 0 Å². The number of ether oxygens (including phenoxy) is 1. The average molecular weight is 267 g/mol. The first kappa shape index (κ1) is 15.5. The van der Waals surface area contributed by atoms with Crippen LogP contribution in [0.3, 0.4) is 0 Å². The predicted molar refractivity (Wildman–Crippen MR) is 72.7 cm³/mol. The van der Waals surface area contributed by atoms with Crippen molar-refractivity contribution in [3.05, 3.63) is 29.8 Å². The molecule has 1 aromatic rings. The Morgan fingerprint density at radius 1 is 1.37 bits per heavy atom. The number of nitrogens with zero attached hydrogens (tertiary/aromatic N) is 1. The Labute approximate surface area is 113 Å². The molecule has 5 heteroatoms. The lowest BCUT2D eigenvalue weighted by Crippen LogP contribution is -2.29. The van der Waals surface area contributed by atoms with Crippen molar-refractivity contribution in [1.29, 1.82) is 0 Å². The fourth-order valence-electron chi connectivity index (χ4n) is 1.73. The van der Waals surface area contributed by atoms with Crippen LogP contribution in [0.2, 0.25) is 0 Å². The van der Waals surface area contributed by atoms with Crippen molar-refractivity contribution in [2.24, 2.45) is 0 Å². The molecule has 1 rings (SSSR count). The molecule has 5 nitrogen and oxygen atoms in total. The van der Waals surface area contributed by atoms with Crippen molar-refractivity contribution in [1.82, 2.24) is 4.90 Å². The quantitative estimate of drug-likeness (QED) is 0.709. The molecule has 0 saturated heterocycles. The molecule has 0 bridgehead atoms. The van der Waals surface area contributed by atoms with Gasteiger partial charge in [-0.1, -0.05) is 13.0 Å². The number of rotatable bonds is 9. The maximum Gasteiger partial charge on any atom is 0.335 e. The zero-order valence-electron chi connectivity index (χ0n) is 11.2. The second kappa shape index (κ2) is 8.50. The largest absolute Gasteiger partial charge is 0.492 e. The Hall–Kier alpha value is -1.59. The topological polar surface area (TPSA) is 70.0 Å². The number of hydrogen-bond donors (Lipinski definition) is 2. The minimum Gasteiger partial charge on any atom is -0.492 e. The van der Waals surface area contributed by atoms with E-state index in [9.17, 15) is 4.79 Å². The van der Waals surface area contributed by atoms with E-state index in [-0.39, 0.29) is 12.2 Å². The van der Waals surface area contributed by atoms with E-state index < -0.39 is 5.97 Å². The number of benzene rings is 1. The highest BCUT2D eigenvalue weighted by Gasteiger charge is 2.05. The SMILES string of the molecule is CCN(CCCO)CCOc1cccc(C(=O)O)c1. The lowest BCUT2D eigenvalue weighted by atomic mass is 10.2. The summed E-state index contributed by atoms with van der Waals surface area (Å²) < 4.78 is 5.54. The van der Waals surface area contributed by atoms with E-state index in [0.717, 1.165) is 26.1 Å². The number of carboxylic acids is 1. The fraction of sp³-hybridized carbons (Fsp3) is 0.500. The standard InChI is InChI=1S/C14H21NO4/c1-2-15(7-4-9-16)8-10-19-13-6-3-5-12(11-13)14(17)18/h3,5-6,11,16H,2,4,7-10H2,1H3,(H,17,18). The van der Waals surface area contributed by atoms with Crippen LogP contribution >= 0.6 is 0 Å². The summed E-state index contributed by atoms with van der Waals surface area (Å²) in [4.78, 5) is 13.0. The van der Waals surface area contributed by atoms with E-state index in [4.69, 9.17) is 14.9 Å². The van der Waals surface area contributed by atoms with Gasteiger partial charge in [0.05, 0.1) is 5.56 Å². The summed E-state index contributed by atoms with van der Waals surface area (Å²) in [5, 5.41) is 17.7. The zero-order valence-corrected chi connectivity index (χ0v) is 11.2. The summed E-state index contributed by atoms with van der Waals surface area (Å²) >= 11 is 0. The third-order valence-corrected chi connectivity index (χ3v) is 2.84. The van der Waals surface area contributed by atoms with E-state index in [1.165, 1.54) is 12.1 Å². The maximum atomic E-state index is 10.8. The number of carboxylic acid groups (broad SMARTS) is 1. The summed E-state index contributed by atoms with van der Waals surface area (Å²) in [6.45, 7) is 5.25. The highest BCUT2D eigenvalue weighted by molar-refractivity contribution is 5.87. The van der Waals surface area contributed by atoms with Crippen molar-refractivity contribution in [3.8, 4) is 5.75 Å². The number of aromatic carboxylic acids is 1. The van der Waals surface area contributed by atoms with E-state index in [2.05, 4.69) is 11.8 Å². The van der Waals surface area contributed by atoms with E-state index >= 15 is 0 Å². The molecule has 0 spiro atoms. The molecule has 0 fully saturated rings. The molecule has 0 aliphatic carbocycles. The molecule has 0 saturated carbocycles. The van der Waals surface area contributed by atoms with Crippen LogP contribution in [0.4, 0.5) is 0 Å². The highest BCUT2D eigenvalue weighted by Crippen LogP contribution is 2.13. The summed E-state index contributed by atoms with van der Waals surface area (Å²) in [7, 11) is 0. The van der Waals surface area contributed by atoms with Gasteiger partial charge in [0.15, 0.2) is 0 Å². The predicted octanol–water partition coefficient (Wildman–Crippen LogP) is 1.47. The van der Waals surface area contributed by atoms with Crippen molar-refractivity contribution in [3.63, 3.8) is 0 Å². The van der Waals surface area contributed by atoms with Gasteiger partial charge < -0.3 is 19.8 Å². The Balaban J connectivity index is 2.39. The third kappa shape index (κ3) is 5.72. The second-order valence-electron chi connectivity index (χ2n) is 4.19. The van der Waals surface area contributed by atoms with Gasteiger partial charge in [0.1, 0.15) is 12.4 Å². The van der Waals surface area contributed by atoms with Crippen LogP contribution in [-0.2, 0) is 0 Å². The van der Waals surface area contributed by atoms with Crippen molar-refractivity contribution in [2.45, 2.75) is 13.3 Å². The number of carbonyl (C=O) groups is 1. The van der Waals surface area contributed by atoms with Crippen molar-refractivity contribution in [2.75, 3.05) is 32.8 Å². The first-order chi connectivity index (χ1) is 9.17. The van der Waals surface area contributed by atoms with Gasteiger partial charge in [-0.2, -0.15) is 0 Å². The Bertz CT molecular complexity index is 395. The van der Waals surface area contributed by atoms with Gasteiger partial charge in [-0.3, -0.25) is 0 Å². The van der Waals surface area contributed by atoms with E-state index in [0.29, 0.717) is 12.4 Å². The van der Waals surface area contributed by atoms with Gasteiger partial charge in [0.2, 0.25) is 0 Å². The minimum atomic E-state index is -0.955. The molecule has 19 heavy (non-hydrogen) atoms. The van der Waals surface area contributed by atoms with Crippen LogP contribution in [-0.4, -0.2) is 53.9 Å². The molecule has 0 radical (unpaired) electrons. The number of hydrogen-bond acceptors (Lipinski definition) is 4. The summed E-state index contributed by atoms with van der Waals surface area (Å²) in [6.07, 6.45) is 0.752. The second-order valence-corrected chi connectivity index (χ2v) is 4.19. The highest BCUT2D eigenvalue weighted by atomic mass is 16.5. The molecule has 0 unspecified atom stereocenters. The molecule has 0 heterocycles. The Kier molecular flexibility index (Phi) is 6.92. The first-order valence-corrected chi connectivity index (χ1v) is 6.46. The lowest BCUT2D eigenvalue weighted by Gasteiger charge is -2.19. The van der Waals surface area contributed by atoms with Gasteiger partial charge in [-0.15, -0.1) is 0 Å². The van der Waals surface area contributed by atoms with Crippen LogP contribution in [0, 0.1) is 0 Å². The number of aliphatic hydroxyl groups is 1. The molecule has 0 amide bonds. The van der Waals surface area contributed by atoms with Crippen LogP contribution < -0.4 is 4.74 Å². The Morgan fingerprint density at radius 3 is 2.79 bits per heavy atom. The average Bonchev–Trinajstić information content (AvgIpc) is 2.43. The molecule has 106 valence electrons. The van der Waals surface area contributed by atoms with Crippen LogP contribution in [0.5, 0.6) is 5.75 Å². The van der Waals surface area contributed by atoms with Crippen LogP contribution in [0.1, 0.15) is 23.7 Å². The molecule has 0 aliphatic heterocycles. The fourth-order valence-corrected chi connectivity index (χ4v) is 1.73. The molecule has 0 aromatic heterocycles. The minimum absolute atomic E-state index is 0.192. The monoisotopic (exact) mass is 267 g/mol. The lowest BCUT2D eigenvalue weighted by molar-refractivity contribution is 0.0696. The van der Waals surface area contributed by atoms with Crippen LogP contribution in [0.15, 0.2) is 24.3 Å².